The summed E-state index contributed by atoms with van der Waals surface area (Å²) >= 11 is -2.40. The van der Waals surface area contributed by atoms with Crippen LogP contribution in [0.1, 0.15) is 34.1 Å². The number of hydrogen-bond donors (Lipinski definition) is 0. The van der Waals surface area contributed by atoms with Gasteiger partial charge < -0.3 is 9.29 Å². The van der Waals surface area contributed by atoms with E-state index in [2.05, 4.69) is 0 Å². The fraction of sp³-hybridized carbons (Fsp3) is 0.889. The standard InChI is InChI=1S/C9H18O4S/c1-5-6(2)7(3)13-9(10)8(4)14(11)12/h6-8H,5H2,1-4H3,(H,11,12)/p-1. The molecule has 0 radical (unpaired) electrons. The van der Waals surface area contributed by atoms with Crippen LogP contribution in [0.15, 0.2) is 0 Å². The van der Waals surface area contributed by atoms with Crippen molar-refractivity contribution in [3.8, 4) is 0 Å². The average Bonchev–Trinajstić information content (AvgIpc) is 2.14. The first-order chi connectivity index (χ1) is 6.40. The van der Waals surface area contributed by atoms with Crippen molar-refractivity contribution in [2.75, 3.05) is 0 Å². The fourth-order valence-electron chi connectivity index (χ4n) is 0.806. The van der Waals surface area contributed by atoms with E-state index in [4.69, 9.17) is 4.74 Å². The molecule has 4 atom stereocenters. The maximum absolute atomic E-state index is 11.2. The van der Waals surface area contributed by atoms with Crippen molar-refractivity contribution in [2.24, 2.45) is 5.92 Å². The summed E-state index contributed by atoms with van der Waals surface area (Å²) < 4.78 is 25.9. The molecule has 0 saturated carbocycles. The Bertz CT molecular complexity index is 217. The van der Waals surface area contributed by atoms with Gasteiger partial charge in [0.1, 0.15) is 11.4 Å². The van der Waals surface area contributed by atoms with Crippen molar-refractivity contribution in [1.82, 2.24) is 0 Å². The molecule has 5 heteroatoms. The lowest BCUT2D eigenvalue weighted by Crippen LogP contribution is -2.30. The molecule has 0 aromatic carbocycles. The third kappa shape index (κ3) is 4.19. The highest BCUT2D eigenvalue weighted by atomic mass is 32.2. The SMILES string of the molecule is CCC(C)C(C)OC(=O)C(C)S(=O)[O-]. The first kappa shape index (κ1) is 13.6. The van der Waals surface area contributed by atoms with Crippen molar-refractivity contribution in [2.45, 2.75) is 45.5 Å². The first-order valence-electron chi connectivity index (χ1n) is 4.68. The highest BCUT2D eigenvalue weighted by molar-refractivity contribution is 7.80. The van der Waals surface area contributed by atoms with Crippen LogP contribution >= 0.6 is 0 Å². The Morgan fingerprint density at radius 2 is 1.93 bits per heavy atom. The Morgan fingerprint density at radius 1 is 1.43 bits per heavy atom. The Hall–Kier alpha value is -0.420. The van der Waals surface area contributed by atoms with E-state index < -0.39 is 22.3 Å². The largest absolute Gasteiger partial charge is 0.772 e. The molecule has 14 heavy (non-hydrogen) atoms. The van der Waals surface area contributed by atoms with Gasteiger partial charge in [-0.2, -0.15) is 0 Å². The molecule has 4 unspecified atom stereocenters. The zero-order chi connectivity index (χ0) is 11.3. The molecular formula is C9H17O4S-. The van der Waals surface area contributed by atoms with Gasteiger partial charge in [-0.15, -0.1) is 0 Å². The molecule has 4 nitrogen and oxygen atoms in total. The summed E-state index contributed by atoms with van der Waals surface area (Å²) in [6, 6.07) is 0. The molecule has 0 N–H and O–H groups in total. The Morgan fingerprint density at radius 3 is 2.29 bits per heavy atom. The van der Waals surface area contributed by atoms with Crippen LogP contribution < -0.4 is 0 Å². The van der Waals surface area contributed by atoms with Crippen LogP contribution in [-0.4, -0.2) is 26.1 Å². The van der Waals surface area contributed by atoms with E-state index in [-0.39, 0.29) is 12.0 Å². The van der Waals surface area contributed by atoms with Gasteiger partial charge in [-0.25, -0.2) is 0 Å². The van der Waals surface area contributed by atoms with Gasteiger partial charge in [0.2, 0.25) is 0 Å². The molecule has 0 rings (SSSR count). The Labute approximate surface area is 87.3 Å². The molecule has 0 fully saturated rings. The summed E-state index contributed by atoms with van der Waals surface area (Å²) in [5, 5.41) is -1.08. The third-order valence-electron chi connectivity index (χ3n) is 2.37. The molecular weight excluding hydrogens is 204 g/mol. The molecule has 0 aromatic rings. The minimum absolute atomic E-state index is 0.238. The van der Waals surface area contributed by atoms with Crippen LogP contribution in [0.3, 0.4) is 0 Å². The van der Waals surface area contributed by atoms with Crippen LogP contribution in [0.25, 0.3) is 0 Å². The number of carbonyl (C=O) groups excluding carboxylic acids is 1. The normalized spacial score (nSPS) is 19.5. The molecule has 0 aliphatic carbocycles. The Balaban J connectivity index is 4.12. The second-order valence-corrected chi connectivity index (χ2v) is 4.66. The van der Waals surface area contributed by atoms with Crippen molar-refractivity contribution >= 4 is 17.0 Å². The van der Waals surface area contributed by atoms with Crippen molar-refractivity contribution in [3.63, 3.8) is 0 Å². The first-order valence-corrected chi connectivity index (χ1v) is 5.82. The monoisotopic (exact) mass is 221 g/mol. The lowest BCUT2D eigenvalue weighted by molar-refractivity contribution is -0.149. The summed E-state index contributed by atoms with van der Waals surface area (Å²) in [5.41, 5.74) is 0. The number of rotatable bonds is 5. The summed E-state index contributed by atoms with van der Waals surface area (Å²) in [5.74, 6) is -0.433. The second kappa shape index (κ2) is 6.14. The van der Waals surface area contributed by atoms with Crippen LogP contribution in [0, 0.1) is 5.92 Å². The van der Waals surface area contributed by atoms with Gasteiger partial charge in [0.15, 0.2) is 0 Å². The van der Waals surface area contributed by atoms with E-state index in [0.29, 0.717) is 0 Å². The minimum atomic E-state index is -2.40. The van der Waals surface area contributed by atoms with E-state index in [9.17, 15) is 13.6 Å². The predicted octanol–water partition coefficient (Wildman–Crippen LogP) is 1.23. The van der Waals surface area contributed by atoms with E-state index >= 15 is 0 Å². The lowest BCUT2D eigenvalue weighted by Gasteiger charge is -2.21. The number of carbonyl (C=O) groups is 1. The summed E-state index contributed by atoms with van der Waals surface area (Å²) in [6.45, 7) is 7.03. The highest BCUT2D eigenvalue weighted by Crippen LogP contribution is 2.12. The maximum Gasteiger partial charge on any atom is 0.320 e. The van der Waals surface area contributed by atoms with Crippen molar-refractivity contribution in [1.29, 1.82) is 0 Å². The topological polar surface area (TPSA) is 66.4 Å². The van der Waals surface area contributed by atoms with Gasteiger partial charge in [-0.05, 0) is 30.8 Å². The van der Waals surface area contributed by atoms with Gasteiger partial charge in [0, 0.05) is 0 Å². The van der Waals surface area contributed by atoms with Crippen LogP contribution in [-0.2, 0) is 20.6 Å². The van der Waals surface area contributed by atoms with E-state index in [1.807, 2.05) is 13.8 Å². The zero-order valence-electron chi connectivity index (χ0n) is 8.98. The van der Waals surface area contributed by atoms with Crippen molar-refractivity contribution < 1.29 is 18.3 Å². The van der Waals surface area contributed by atoms with Gasteiger partial charge >= 0.3 is 5.97 Å². The van der Waals surface area contributed by atoms with Gasteiger partial charge in [-0.1, -0.05) is 20.3 Å². The second-order valence-electron chi connectivity index (χ2n) is 3.43. The molecule has 0 amide bonds. The van der Waals surface area contributed by atoms with Crippen LogP contribution in [0.5, 0.6) is 0 Å². The average molecular weight is 221 g/mol. The fourth-order valence-corrected chi connectivity index (χ4v) is 1.02. The van der Waals surface area contributed by atoms with Crippen LogP contribution in [0.2, 0.25) is 0 Å². The van der Waals surface area contributed by atoms with E-state index in [1.165, 1.54) is 6.92 Å². The molecule has 0 aliphatic heterocycles. The summed E-state index contributed by atoms with van der Waals surface area (Å²) in [4.78, 5) is 11.2. The molecule has 0 aromatic heterocycles. The molecule has 0 aliphatic rings. The molecule has 84 valence electrons. The number of esters is 1. The predicted molar refractivity (Wildman–Crippen MR) is 53.4 cm³/mol. The van der Waals surface area contributed by atoms with Crippen LogP contribution in [0.4, 0.5) is 0 Å². The molecule has 0 saturated heterocycles. The molecule has 0 heterocycles. The van der Waals surface area contributed by atoms with Crippen molar-refractivity contribution in [3.05, 3.63) is 0 Å². The zero-order valence-corrected chi connectivity index (χ0v) is 9.80. The maximum atomic E-state index is 11.2. The summed E-state index contributed by atoms with van der Waals surface area (Å²) in [7, 11) is 0. The lowest BCUT2D eigenvalue weighted by atomic mass is 10.0. The Kier molecular flexibility index (Phi) is 5.95. The smallest absolute Gasteiger partial charge is 0.320 e. The van der Waals surface area contributed by atoms with E-state index in [1.54, 1.807) is 6.92 Å². The van der Waals surface area contributed by atoms with Gasteiger partial charge in [-0.3, -0.25) is 9.00 Å². The number of hydrogen-bond acceptors (Lipinski definition) is 4. The van der Waals surface area contributed by atoms with Gasteiger partial charge in [0.25, 0.3) is 0 Å². The molecule has 0 bridgehead atoms. The number of ether oxygens (including phenoxy) is 1. The third-order valence-corrected chi connectivity index (χ3v) is 3.14. The molecule has 0 spiro atoms. The van der Waals surface area contributed by atoms with E-state index in [0.717, 1.165) is 6.42 Å². The summed E-state index contributed by atoms with van der Waals surface area (Å²) in [6.07, 6.45) is 0.655. The minimum Gasteiger partial charge on any atom is -0.772 e. The van der Waals surface area contributed by atoms with Gasteiger partial charge in [0.05, 0.1) is 0 Å². The quantitative estimate of drug-likeness (QED) is 0.517. The highest BCUT2D eigenvalue weighted by Gasteiger charge is 2.20.